The number of rotatable bonds is 2. The van der Waals surface area contributed by atoms with E-state index in [9.17, 15) is 4.39 Å². The monoisotopic (exact) mass is 221 g/mol. The molecule has 0 aromatic heterocycles. The maximum atomic E-state index is 13.8. The second-order valence-electron chi connectivity index (χ2n) is 3.85. The zero-order chi connectivity index (χ0) is 11.4. The zero-order valence-corrected chi connectivity index (χ0v) is 9.42. The van der Waals surface area contributed by atoms with Crippen LogP contribution in [0.1, 0.15) is 18.4 Å². The van der Waals surface area contributed by atoms with Crippen LogP contribution in [-0.2, 0) is 0 Å². The summed E-state index contributed by atoms with van der Waals surface area (Å²) in [6, 6.07) is 4.96. The standard InChI is InChI=1S/C13H16FNO/c1-16-12-6-2-5-11(14)13(12)10-4-3-8-15-9-7-10/h2,5-7,15H,3-4,8-9H2,1H3. The molecule has 1 aliphatic heterocycles. The van der Waals surface area contributed by atoms with Crippen LogP contribution in [0.25, 0.3) is 5.57 Å². The predicted octanol–water partition coefficient (Wildman–Crippen LogP) is 2.60. The minimum atomic E-state index is -0.201. The first-order valence-electron chi connectivity index (χ1n) is 5.55. The summed E-state index contributed by atoms with van der Waals surface area (Å²) < 4.78 is 19.0. The topological polar surface area (TPSA) is 21.3 Å². The highest BCUT2D eigenvalue weighted by atomic mass is 19.1. The largest absolute Gasteiger partial charge is 0.496 e. The quantitative estimate of drug-likeness (QED) is 0.828. The second kappa shape index (κ2) is 5.12. The van der Waals surface area contributed by atoms with Crippen LogP contribution in [0.15, 0.2) is 24.3 Å². The van der Waals surface area contributed by atoms with E-state index >= 15 is 0 Å². The van der Waals surface area contributed by atoms with Crippen molar-refractivity contribution in [3.63, 3.8) is 0 Å². The highest BCUT2D eigenvalue weighted by Crippen LogP contribution is 2.31. The fourth-order valence-electron chi connectivity index (χ4n) is 2.02. The minimum Gasteiger partial charge on any atom is -0.496 e. The van der Waals surface area contributed by atoms with E-state index in [-0.39, 0.29) is 5.82 Å². The minimum absolute atomic E-state index is 0.201. The summed E-state index contributed by atoms with van der Waals surface area (Å²) in [7, 11) is 1.58. The lowest BCUT2D eigenvalue weighted by atomic mass is 10.00. The van der Waals surface area contributed by atoms with Crippen molar-refractivity contribution in [3.05, 3.63) is 35.7 Å². The summed E-state index contributed by atoms with van der Waals surface area (Å²) in [6.07, 6.45) is 3.97. The van der Waals surface area contributed by atoms with Crippen molar-refractivity contribution in [2.24, 2.45) is 0 Å². The molecular weight excluding hydrogens is 205 g/mol. The summed E-state index contributed by atoms with van der Waals surface area (Å²) in [4.78, 5) is 0. The van der Waals surface area contributed by atoms with E-state index < -0.39 is 0 Å². The van der Waals surface area contributed by atoms with Crippen molar-refractivity contribution in [2.75, 3.05) is 20.2 Å². The van der Waals surface area contributed by atoms with E-state index in [2.05, 4.69) is 5.32 Å². The highest BCUT2D eigenvalue weighted by Gasteiger charge is 2.14. The molecular formula is C13H16FNO. The van der Waals surface area contributed by atoms with Crippen LogP contribution < -0.4 is 10.1 Å². The summed E-state index contributed by atoms with van der Waals surface area (Å²) in [5.41, 5.74) is 1.66. The molecule has 2 nitrogen and oxygen atoms in total. The Hall–Kier alpha value is -1.35. The average molecular weight is 221 g/mol. The van der Waals surface area contributed by atoms with Gasteiger partial charge in [0.2, 0.25) is 0 Å². The molecule has 1 N–H and O–H groups in total. The molecule has 0 aliphatic carbocycles. The molecule has 0 bridgehead atoms. The van der Waals surface area contributed by atoms with E-state index in [0.29, 0.717) is 11.3 Å². The zero-order valence-electron chi connectivity index (χ0n) is 9.42. The third-order valence-corrected chi connectivity index (χ3v) is 2.81. The summed E-state index contributed by atoms with van der Waals surface area (Å²) in [5, 5.41) is 3.26. The van der Waals surface area contributed by atoms with E-state index in [0.717, 1.165) is 31.5 Å². The van der Waals surface area contributed by atoms with Crippen molar-refractivity contribution < 1.29 is 9.13 Å². The Morgan fingerprint density at radius 3 is 3.06 bits per heavy atom. The first kappa shape index (κ1) is 11.1. The number of hydrogen-bond donors (Lipinski definition) is 1. The van der Waals surface area contributed by atoms with Gasteiger partial charge in [0.1, 0.15) is 11.6 Å². The maximum absolute atomic E-state index is 13.8. The van der Waals surface area contributed by atoms with Crippen LogP contribution in [0.3, 0.4) is 0 Å². The Morgan fingerprint density at radius 1 is 1.38 bits per heavy atom. The van der Waals surface area contributed by atoms with Gasteiger partial charge in [-0.2, -0.15) is 0 Å². The van der Waals surface area contributed by atoms with Gasteiger partial charge in [-0.1, -0.05) is 12.1 Å². The fraction of sp³-hybridized carbons (Fsp3) is 0.385. The molecule has 0 atom stereocenters. The number of halogens is 1. The third kappa shape index (κ3) is 2.25. The summed E-state index contributed by atoms with van der Waals surface area (Å²) >= 11 is 0. The molecule has 1 aromatic carbocycles. The van der Waals surface area contributed by atoms with Crippen LogP contribution in [0, 0.1) is 5.82 Å². The Kier molecular flexibility index (Phi) is 3.57. The Balaban J connectivity index is 2.41. The van der Waals surface area contributed by atoms with Crippen molar-refractivity contribution in [2.45, 2.75) is 12.8 Å². The van der Waals surface area contributed by atoms with Crippen LogP contribution in [0.4, 0.5) is 4.39 Å². The lowest BCUT2D eigenvalue weighted by Crippen LogP contribution is -2.12. The number of hydrogen-bond acceptors (Lipinski definition) is 2. The summed E-state index contributed by atoms with van der Waals surface area (Å²) in [6.45, 7) is 1.78. The van der Waals surface area contributed by atoms with Gasteiger partial charge in [0.25, 0.3) is 0 Å². The molecule has 0 saturated heterocycles. The van der Waals surface area contributed by atoms with Crippen molar-refractivity contribution >= 4 is 5.57 Å². The average Bonchev–Trinajstić information content (AvgIpc) is 2.57. The first-order chi connectivity index (χ1) is 7.83. The molecule has 3 heteroatoms. The van der Waals surface area contributed by atoms with Crippen LogP contribution in [0.5, 0.6) is 5.75 Å². The Morgan fingerprint density at radius 2 is 2.25 bits per heavy atom. The van der Waals surface area contributed by atoms with Crippen molar-refractivity contribution in [1.82, 2.24) is 5.32 Å². The van der Waals surface area contributed by atoms with Gasteiger partial charge in [-0.05, 0) is 37.1 Å². The van der Waals surface area contributed by atoms with Gasteiger partial charge >= 0.3 is 0 Å². The van der Waals surface area contributed by atoms with E-state index in [1.54, 1.807) is 19.2 Å². The number of ether oxygens (including phenoxy) is 1. The molecule has 1 aliphatic rings. The van der Waals surface area contributed by atoms with Gasteiger partial charge < -0.3 is 10.1 Å². The molecule has 1 aromatic rings. The molecule has 1 heterocycles. The van der Waals surface area contributed by atoms with Gasteiger partial charge in [0.05, 0.1) is 12.7 Å². The first-order valence-corrected chi connectivity index (χ1v) is 5.55. The molecule has 2 rings (SSSR count). The third-order valence-electron chi connectivity index (χ3n) is 2.81. The van der Waals surface area contributed by atoms with Crippen molar-refractivity contribution in [3.8, 4) is 5.75 Å². The number of methoxy groups -OCH3 is 1. The molecule has 0 saturated carbocycles. The van der Waals surface area contributed by atoms with Crippen LogP contribution >= 0.6 is 0 Å². The maximum Gasteiger partial charge on any atom is 0.134 e. The van der Waals surface area contributed by atoms with Gasteiger partial charge in [-0.15, -0.1) is 0 Å². The SMILES string of the molecule is COc1cccc(F)c1C1=CCNCCC1. The molecule has 0 radical (unpaired) electrons. The fourth-order valence-corrected chi connectivity index (χ4v) is 2.02. The Bertz CT molecular complexity index is 401. The van der Waals surface area contributed by atoms with Crippen LogP contribution in [-0.4, -0.2) is 20.2 Å². The normalized spacial score (nSPS) is 16.5. The number of allylic oxidation sites excluding steroid dienone is 1. The van der Waals surface area contributed by atoms with Gasteiger partial charge in [0, 0.05) is 6.54 Å². The lowest BCUT2D eigenvalue weighted by Gasteiger charge is -2.11. The second-order valence-corrected chi connectivity index (χ2v) is 3.85. The molecule has 0 fully saturated rings. The van der Waals surface area contributed by atoms with E-state index in [1.165, 1.54) is 6.07 Å². The smallest absolute Gasteiger partial charge is 0.134 e. The molecule has 86 valence electrons. The Labute approximate surface area is 95.1 Å². The van der Waals surface area contributed by atoms with E-state index in [4.69, 9.17) is 4.74 Å². The van der Waals surface area contributed by atoms with E-state index in [1.807, 2.05) is 6.08 Å². The predicted molar refractivity (Wildman–Crippen MR) is 63.0 cm³/mol. The van der Waals surface area contributed by atoms with Crippen LogP contribution in [0.2, 0.25) is 0 Å². The van der Waals surface area contributed by atoms with Gasteiger partial charge in [-0.25, -0.2) is 4.39 Å². The van der Waals surface area contributed by atoms with Gasteiger partial charge in [-0.3, -0.25) is 0 Å². The van der Waals surface area contributed by atoms with Crippen molar-refractivity contribution in [1.29, 1.82) is 0 Å². The molecule has 0 amide bonds. The number of benzene rings is 1. The lowest BCUT2D eigenvalue weighted by molar-refractivity contribution is 0.409. The molecule has 0 spiro atoms. The highest BCUT2D eigenvalue weighted by molar-refractivity contribution is 5.71. The van der Waals surface area contributed by atoms with Gasteiger partial charge in [0.15, 0.2) is 0 Å². The summed E-state index contributed by atoms with van der Waals surface area (Å²) in [5.74, 6) is 0.417. The number of nitrogens with one attached hydrogen (secondary N) is 1. The molecule has 16 heavy (non-hydrogen) atoms. The molecule has 0 unspecified atom stereocenters.